The van der Waals surface area contributed by atoms with Crippen molar-refractivity contribution in [2.45, 2.75) is 25.4 Å². The molecule has 1 atom stereocenters. The zero-order valence-corrected chi connectivity index (χ0v) is 16.3. The van der Waals surface area contributed by atoms with E-state index < -0.39 is 12.0 Å². The molecule has 2 aromatic carbocycles. The molecule has 0 radical (unpaired) electrons. The van der Waals surface area contributed by atoms with Gasteiger partial charge in [-0.05, 0) is 55.5 Å². The Morgan fingerprint density at radius 1 is 1.25 bits per heavy atom. The summed E-state index contributed by atoms with van der Waals surface area (Å²) in [6.45, 7) is 2.52. The molecule has 1 fully saturated rings. The van der Waals surface area contributed by atoms with Crippen molar-refractivity contribution in [2.75, 3.05) is 32.5 Å². The minimum atomic E-state index is -0.511. The topological polar surface area (TPSA) is 102 Å². The Labute approximate surface area is 166 Å². The number of aliphatic hydroxyl groups is 1. The van der Waals surface area contributed by atoms with E-state index in [1.165, 1.54) is 7.11 Å². The molecule has 1 aliphatic heterocycles. The van der Waals surface area contributed by atoms with Crippen molar-refractivity contribution in [2.24, 2.45) is 11.7 Å². The van der Waals surface area contributed by atoms with Crippen LogP contribution < -0.4 is 16.2 Å². The van der Waals surface area contributed by atoms with Gasteiger partial charge < -0.3 is 26.2 Å². The molecule has 1 unspecified atom stereocenters. The first-order chi connectivity index (χ1) is 13.5. The van der Waals surface area contributed by atoms with Crippen molar-refractivity contribution >= 4 is 11.6 Å². The van der Waals surface area contributed by atoms with Crippen LogP contribution in [0, 0.1) is 5.92 Å². The van der Waals surface area contributed by atoms with E-state index in [2.05, 4.69) is 4.90 Å². The summed E-state index contributed by atoms with van der Waals surface area (Å²) in [5, 5.41) is 10.4. The molecule has 2 aromatic rings. The van der Waals surface area contributed by atoms with Gasteiger partial charge in [-0.15, -0.1) is 0 Å². The number of primary amides is 1. The highest BCUT2D eigenvalue weighted by Crippen LogP contribution is 2.30. The van der Waals surface area contributed by atoms with Crippen molar-refractivity contribution in [3.05, 3.63) is 59.2 Å². The Morgan fingerprint density at radius 2 is 1.93 bits per heavy atom. The standard InChI is InChI=1S/C22H29N3O3/c1-28-21-13-19(23)17(12-18(21)22(24)27)11-15-7-9-25(10-8-15)14-20(26)16-5-3-2-4-6-16/h2-6,12-13,15,20,26H,7-11,14,23H2,1H3,(H2,24,27). The molecule has 3 rings (SSSR count). The van der Waals surface area contributed by atoms with Crippen molar-refractivity contribution in [1.29, 1.82) is 0 Å². The Morgan fingerprint density at radius 3 is 2.54 bits per heavy atom. The molecule has 0 bridgehead atoms. The van der Waals surface area contributed by atoms with Gasteiger partial charge in [-0.25, -0.2) is 0 Å². The van der Waals surface area contributed by atoms with Crippen LogP contribution in [0.25, 0.3) is 0 Å². The van der Waals surface area contributed by atoms with Gasteiger partial charge in [0.2, 0.25) is 0 Å². The second kappa shape index (κ2) is 9.08. The lowest BCUT2D eigenvalue weighted by Gasteiger charge is -2.33. The summed E-state index contributed by atoms with van der Waals surface area (Å²) in [6, 6.07) is 13.2. The number of carbonyl (C=O) groups excluding carboxylic acids is 1. The fraction of sp³-hybridized carbons (Fsp3) is 0.409. The number of benzene rings is 2. The van der Waals surface area contributed by atoms with Gasteiger partial charge in [-0.2, -0.15) is 0 Å². The summed E-state index contributed by atoms with van der Waals surface area (Å²) in [4.78, 5) is 14.0. The minimum absolute atomic E-state index is 0.370. The van der Waals surface area contributed by atoms with Crippen LogP contribution >= 0.6 is 0 Å². The lowest BCUT2D eigenvalue weighted by Crippen LogP contribution is -2.37. The summed E-state index contributed by atoms with van der Waals surface area (Å²) >= 11 is 0. The number of ether oxygens (including phenoxy) is 1. The molecule has 150 valence electrons. The fourth-order valence-electron chi connectivity index (χ4n) is 3.89. The summed E-state index contributed by atoms with van der Waals surface area (Å²) in [7, 11) is 1.50. The van der Waals surface area contributed by atoms with Gasteiger partial charge in [0, 0.05) is 18.3 Å². The number of β-amino-alcohol motifs (C(OH)–C–C–N with tert-alkyl or cyclic N) is 1. The maximum absolute atomic E-state index is 11.7. The van der Waals surface area contributed by atoms with E-state index in [1.54, 1.807) is 12.1 Å². The molecule has 28 heavy (non-hydrogen) atoms. The predicted molar refractivity (Wildman–Crippen MR) is 110 cm³/mol. The highest BCUT2D eigenvalue weighted by molar-refractivity contribution is 5.96. The van der Waals surface area contributed by atoms with Crippen molar-refractivity contribution < 1.29 is 14.6 Å². The van der Waals surface area contributed by atoms with E-state index >= 15 is 0 Å². The Balaban J connectivity index is 1.57. The van der Waals surface area contributed by atoms with Gasteiger partial charge in [-0.1, -0.05) is 30.3 Å². The Kier molecular flexibility index (Phi) is 6.54. The van der Waals surface area contributed by atoms with Crippen LogP contribution in [0.1, 0.15) is 40.4 Å². The molecule has 0 spiro atoms. The molecule has 1 aliphatic rings. The third-order valence-corrected chi connectivity index (χ3v) is 5.56. The fourth-order valence-corrected chi connectivity index (χ4v) is 3.89. The maximum Gasteiger partial charge on any atom is 0.252 e. The Bertz CT molecular complexity index is 802. The lowest BCUT2D eigenvalue weighted by atomic mass is 9.88. The predicted octanol–water partition coefficient (Wildman–Crippen LogP) is 2.36. The number of anilines is 1. The molecular weight excluding hydrogens is 354 g/mol. The summed E-state index contributed by atoms with van der Waals surface area (Å²) in [6.07, 6.45) is 2.40. The van der Waals surface area contributed by atoms with Crippen LogP contribution in [0.2, 0.25) is 0 Å². The minimum Gasteiger partial charge on any atom is -0.496 e. The number of nitrogens with two attached hydrogens (primary N) is 2. The number of hydrogen-bond donors (Lipinski definition) is 3. The summed E-state index contributed by atoms with van der Waals surface area (Å²) in [5.74, 6) is 0.392. The van der Waals surface area contributed by atoms with Gasteiger partial charge in [-0.3, -0.25) is 4.79 Å². The number of methoxy groups -OCH3 is 1. The molecule has 1 saturated heterocycles. The summed E-state index contributed by atoms with van der Waals surface area (Å²) in [5.41, 5.74) is 14.5. The van der Waals surface area contributed by atoms with Crippen LogP contribution in [-0.4, -0.2) is 42.7 Å². The van der Waals surface area contributed by atoms with Crippen LogP contribution in [0.4, 0.5) is 5.69 Å². The van der Waals surface area contributed by atoms with Gasteiger partial charge in [0.1, 0.15) is 5.75 Å². The van der Waals surface area contributed by atoms with Crippen molar-refractivity contribution in [3.63, 3.8) is 0 Å². The quantitative estimate of drug-likeness (QED) is 0.637. The van der Waals surface area contributed by atoms with Gasteiger partial charge in [0.05, 0.1) is 18.8 Å². The number of likely N-dealkylation sites (tertiary alicyclic amines) is 1. The van der Waals surface area contributed by atoms with Gasteiger partial charge >= 0.3 is 0 Å². The molecular formula is C22H29N3O3. The van der Waals surface area contributed by atoms with Crippen LogP contribution in [0.15, 0.2) is 42.5 Å². The molecule has 1 amide bonds. The number of piperidine rings is 1. The highest BCUT2D eigenvalue weighted by atomic mass is 16.5. The number of amides is 1. The smallest absolute Gasteiger partial charge is 0.252 e. The second-order valence-corrected chi connectivity index (χ2v) is 7.49. The number of carbonyl (C=O) groups is 1. The van der Waals surface area contributed by atoms with Crippen LogP contribution in [0.5, 0.6) is 5.75 Å². The summed E-state index contributed by atoms with van der Waals surface area (Å²) < 4.78 is 5.21. The average molecular weight is 383 g/mol. The van der Waals surface area contributed by atoms with Gasteiger partial charge in [0.15, 0.2) is 0 Å². The van der Waals surface area contributed by atoms with Crippen molar-refractivity contribution in [1.82, 2.24) is 4.90 Å². The third-order valence-electron chi connectivity index (χ3n) is 5.56. The zero-order valence-electron chi connectivity index (χ0n) is 16.3. The third kappa shape index (κ3) is 4.82. The molecule has 0 aliphatic carbocycles. The lowest BCUT2D eigenvalue weighted by molar-refractivity contribution is 0.0893. The first-order valence-corrected chi connectivity index (χ1v) is 9.69. The van der Waals surface area contributed by atoms with Gasteiger partial charge in [0.25, 0.3) is 5.91 Å². The SMILES string of the molecule is COc1cc(N)c(CC2CCN(CC(O)c3ccccc3)CC2)cc1C(N)=O. The number of hydrogen-bond acceptors (Lipinski definition) is 5. The van der Waals surface area contributed by atoms with E-state index in [9.17, 15) is 9.90 Å². The molecule has 0 aromatic heterocycles. The second-order valence-electron chi connectivity index (χ2n) is 7.49. The Hall–Kier alpha value is -2.57. The molecule has 5 N–H and O–H groups in total. The highest BCUT2D eigenvalue weighted by Gasteiger charge is 2.23. The number of nitrogen functional groups attached to an aromatic ring is 1. The monoisotopic (exact) mass is 383 g/mol. The molecule has 0 saturated carbocycles. The van der Waals surface area contributed by atoms with E-state index in [-0.39, 0.29) is 0 Å². The normalized spacial score (nSPS) is 16.6. The van der Waals surface area contributed by atoms with Crippen LogP contribution in [0.3, 0.4) is 0 Å². The maximum atomic E-state index is 11.7. The number of aliphatic hydroxyl groups excluding tert-OH is 1. The van der Waals surface area contributed by atoms with E-state index in [0.29, 0.717) is 29.5 Å². The largest absolute Gasteiger partial charge is 0.496 e. The van der Waals surface area contributed by atoms with E-state index in [1.807, 2.05) is 30.3 Å². The molecule has 6 nitrogen and oxygen atoms in total. The average Bonchev–Trinajstić information content (AvgIpc) is 2.71. The van der Waals surface area contributed by atoms with E-state index in [4.69, 9.17) is 16.2 Å². The molecule has 6 heteroatoms. The van der Waals surface area contributed by atoms with Crippen molar-refractivity contribution in [3.8, 4) is 5.75 Å². The number of rotatable bonds is 7. The number of nitrogens with zero attached hydrogens (tertiary/aromatic N) is 1. The first-order valence-electron chi connectivity index (χ1n) is 9.69. The first kappa shape index (κ1) is 20.2. The van der Waals surface area contributed by atoms with Crippen LogP contribution in [-0.2, 0) is 6.42 Å². The molecule has 1 heterocycles. The van der Waals surface area contributed by atoms with E-state index in [0.717, 1.165) is 43.5 Å². The zero-order chi connectivity index (χ0) is 20.1.